The average Bonchev–Trinajstić information content (AvgIpc) is 2.62. The number of carboxylic acids is 1. The van der Waals surface area contributed by atoms with Crippen molar-refractivity contribution in [2.24, 2.45) is 5.73 Å². The molecule has 0 fully saturated rings. The van der Waals surface area contributed by atoms with Crippen molar-refractivity contribution in [2.75, 3.05) is 5.32 Å². The summed E-state index contributed by atoms with van der Waals surface area (Å²) in [5.41, 5.74) is 6.36. The molecule has 0 saturated carbocycles. The molecular formula is C12H13N2O4S-. The fraction of sp³-hybridized carbons (Fsp3) is 0.250. The topological polar surface area (TPSA) is 112 Å². The van der Waals surface area contributed by atoms with E-state index >= 15 is 0 Å². The summed E-state index contributed by atoms with van der Waals surface area (Å²) in [6.45, 7) is 3.70. The number of carbonyl (C=O) groups is 3. The summed E-state index contributed by atoms with van der Waals surface area (Å²) in [5.74, 6) is -2.75. The van der Waals surface area contributed by atoms with Crippen molar-refractivity contribution in [2.45, 2.75) is 20.3 Å². The Kier molecular flexibility index (Phi) is 4.82. The van der Waals surface area contributed by atoms with E-state index in [0.29, 0.717) is 17.5 Å². The first kappa shape index (κ1) is 14.9. The van der Waals surface area contributed by atoms with Crippen LogP contribution in [0.4, 0.5) is 5.00 Å². The predicted molar refractivity (Wildman–Crippen MR) is 69.7 cm³/mol. The van der Waals surface area contributed by atoms with Gasteiger partial charge in [-0.25, -0.2) is 0 Å². The summed E-state index contributed by atoms with van der Waals surface area (Å²) in [4.78, 5) is 34.0. The summed E-state index contributed by atoms with van der Waals surface area (Å²) < 4.78 is 0. The lowest BCUT2D eigenvalue weighted by molar-refractivity contribution is -0.297. The minimum absolute atomic E-state index is 0.278. The lowest BCUT2D eigenvalue weighted by Gasteiger charge is -2.03. The monoisotopic (exact) mass is 281 g/mol. The Morgan fingerprint density at radius 1 is 1.37 bits per heavy atom. The largest absolute Gasteiger partial charge is 0.545 e. The van der Waals surface area contributed by atoms with E-state index in [0.717, 1.165) is 16.5 Å². The summed E-state index contributed by atoms with van der Waals surface area (Å²) in [7, 11) is 0. The molecule has 19 heavy (non-hydrogen) atoms. The number of nitrogens with two attached hydrogens (primary N) is 1. The number of aryl methyl sites for hydroxylation is 1. The molecule has 0 aliphatic carbocycles. The van der Waals surface area contributed by atoms with Crippen LogP contribution in [-0.4, -0.2) is 17.8 Å². The summed E-state index contributed by atoms with van der Waals surface area (Å²) in [6.07, 6.45) is 2.05. The van der Waals surface area contributed by atoms with E-state index < -0.39 is 17.8 Å². The van der Waals surface area contributed by atoms with E-state index in [4.69, 9.17) is 5.73 Å². The van der Waals surface area contributed by atoms with Crippen molar-refractivity contribution in [1.82, 2.24) is 0 Å². The molecule has 1 rings (SSSR count). The van der Waals surface area contributed by atoms with E-state index in [1.165, 1.54) is 11.3 Å². The summed E-state index contributed by atoms with van der Waals surface area (Å²) >= 11 is 1.23. The SMILES string of the molecule is CCc1c(C)sc(NC(=O)/C=C/C(=O)[O-])c1C(N)=O. The van der Waals surface area contributed by atoms with E-state index in [1.807, 2.05) is 13.8 Å². The zero-order valence-corrected chi connectivity index (χ0v) is 11.3. The minimum Gasteiger partial charge on any atom is -0.545 e. The average molecular weight is 281 g/mol. The van der Waals surface area contributed by atoms with Crippen LogP contribution >= 0.6 is 11.3 Å². The fourth-order valence-corrected chi connectivity index (χ4v) is 2.80. The Labute approximate surface area is 113 Å². The van der Waals surface area contributed by atoms with Crippen molar-refractivity contribution in [3.05, 3.63) is 28.2 Å². The van der Waals surface area contributed by atoms with Gasteiger partial charge in [-0.1, -0.05) is 6.92 Å². The number of primary amides is 1. The molecule has 0 radical (unpaired) electrons. The third kappa shape index (κ3) is 3.65. The number of nitrogens with one attached hydrogen (secondary N) is 1. The normalized spacial score (nSPS) is 10.6. The molecule has 0 aromatic carbocycles. The number of hydrogen-bond donors (Lipinski definition) is 2. The number of anilines is 1. The van der Waals surface area contributed by atoms with Crippen LogP contribution in [0.15, 0.2) is 12.2 Å². The van der Waals surface area contributed by atoms with E-state index in [2.05, 4.69) is 5.32 Å². The van der Waals surface area contributed by atoms with Gasteiger partial charge in [-0.05, 0) is 25.0 Å². The number of amides is 2. The number of rotatable bonds is 5. The predicted octanol–water partition coefficient (Wildman–Crippen LogP) is -0.0376. The van der Waals surface area contributed by atoms with Gasteiger partial charge in [0.05, 0.1) is 11.5 Å². The number of carboxylic acid groups (broad SMARTS) is 1. The highest BCUT2D eigenvalue weighted by atomic mass is 32.1. The fourth-order valence-electron chi connectivity index (χ4n) is 1.65. The highest BCUT2D eigenvalue weighted by molar-refractivity contribution is 7.16. The first-order valence-corrected chi connectivity index (χ1v) is 6.30. The molecule has 6 nitrogen and oxygen atoms in total. The first-order chi connectivity index (χ1) is 8.86. The van der Waals surface area contributed by atoms with Gasteiger partial charge in [0.1, 0.15) is 5.00 Å². The van der Waals surface area contributed by atoms with Gasteiger partial charge in [-0.15, -0.1) is 11.3 Å². The summed E-state index contributed by atoms with van der Waals surface area (Å²) in [5, 5.41) is 13.0. The Morgan fingerprint density at radius 3 is 2.47 bits per heavy atom. The van der Waals surface area contributed by atoms with Gasteiger partial charge in [-0.3, -0.25) is 9.59 Å². The van der Waals surface area contributed by atoms with Crippen molar-refractivity contribution in [1.29, 1.82) is 0 Å². The van der Waals surface area contributed by atoms with Gasteiger partial charge in [0.15, 0.2) is 0 Å². The highest BCUT2D eigenvalue weighted by Gasteiger charge is 2.19. The van der Waals surface area contributed by atoms with Gasteiger partial charge in [0, 0.05) is 11.0 Å². The second kappa shape index (κ2) is 6.14. The Balaban J connectivity index is 3.05. The second-order valence-electron chi connectivity index (χ2n) is 3.70. The molecule has 0 aliphatic rings. The molecule has 0 bridgehead atoms. The Bertz CT molecular complexity index is 560. The lowest BCUT2D eigenvalue weighted by atomic mass is 10.1. The molecule has 7 heteroatoms. The highest BCUT2D eigenvalue weighted by Crippen LogP contribution is 2.33. The number of thiophene rings is 1. The molecule has 1 aromatic rings. The molecule has 102 valence electrons. The van der Waals surface area contributed by atoms with Crippen LogP contribution < -0.4 is 16.2 Å². The van der Waals surface area contributed by atoms with Gasteiger partial charge in [-0.2, -0.15) is 0 Å². The van der Waals surface area contributed by atoms with Crippen LogP contribution in [-0.2, 0) is 16.0 Å². The molecule has 0 atom stereocenters. The minimum atomic E-state index is -1.47. The molecule has 0 aliphatic heterocycles. The van der Waals surface area contributed by atoms with E-state index in [9.17, 15) is 19.5 Å². The Morgan fingerprint density at radius 2 is 2.00 bits per heavy atom. The van der Waals surface area contributed by atoms with Crippen molar-refractivity contribution in [3.8, 4) is 0 Å². The number of aliphatic carboxylic acids is 1. The standard InChI is InChI=1S/C12H14N2O4S/c1-3-7-6(2)19-12(10(7)11(13)18)14-8(15)4-5-9(16)17/h4-5H,3H2,1-2H3,(H2,13,18)(H,14,15)(H,16,17)/p-1/b5-4+. The molecule has 3 N–H and O–H groups in total. The maximum atomic E-state index is 11.5. The number of carbonyl (C=O) groups excluding carboxylic acids is 3. The second-order valence-corrected chi connectivity index (χ2v) is 4.93. The van der Waals surface area contributed by atoms with Crippen LogP contribution in [0.3, 0.4) is 0 Å². The van der Waals surface area contributed by atoms with E-state index in [-0.39, 0.29) is 5.56 Å². The third-order valence-electron chi connectivity index (χ3n) is 2.42. The van der Waals surface area contributed by atoms with Crippen LogP contribution in [0.5, 0.6) is 0 Å². The number of hydrogen-bond acceptors (Lipinski definition) is 5. The van der Waals surface area contributed by atoms with Crippen LogP contribution in [0.1, 0.15) is 27.7 Å². The quantitative estimate of drug-likeness (QED) is 0.737. The van der Waals surface area contributed by atoms with Crippen LogP contribution in [0, 0.1) is 6.92 Å². The molecule has 2 amide bonds. The molecule has 0 unspecified atom stereocenters. The molecule has 1 aromatic heterocycles. The van der Waals surface area contributed by atoms with E-state index in [1.54, 1.807) is 0 Å². The molecule has 0 saturated heterocycles. The van der Waals surface area contributed by atoms with Gasteiger partial charge in [0.25, 0.3) is 5.91 Å². The molecular weight excluding hydrogens is 268 g/mol. The Hall–Kier alpha value is -2.15. The maximum absolute atomic E-state index is 11.5. The summed E-state index contributed by atoms with van der Waals surface area (Å²) in [6, 6.07) is 0. The van der Waals surface area contributed by atoms with Crippen molar-refractivity contribution in [3.63, 3.8) is 0 Å². The third-order valence-corrected chi connectivity index (χ3v) is 3.48. The lowest BCUT2D eigenvalue weighted by Crippen LogP contribution is -2.20. The zero-order valence-electron chi connectivity index (χ0n) is 10.5. The van der Waals surface area contributed by atoms with Crippen LogP contribution in [0.25, 0.3) is 0 Å². The first-order valence-electron chi connectivity index (χ1n) is 5.48. The van der Waals surface area contributed by atoms with Crippen LogP contribution in [0.2, 0.25) is 0 Å². The smallest absolute Gasteiger partial charge is 0.251 e. The van der Waals surface area contributed by atoms with Crippen molar-refractivity contribution < 1.29 is 19.5 Å². The van der Waals surface area contributed by atoms with Gasteiger partial charge < -0.3 is 21.0 Å². The molecule has 0 spiro atoms. The van der Waals surface area contributed by atoms with Crippen molar-refractivity contribution >= 4 is 34.1 Å². The maximum Gasteiger partial charge on any atom is 0.251 e. The van der Waals surface area contributed by atoms with Gasteiger partial charge >= 0.3 is 0 Å². The van der Waals surface area contributed by atoms with Gasteiger partial charge in [0.2, 0.25) is 5.91 Å². The zero-order chi connectivity index (χ0) is 14.6. The molecule has 1 heterocycles.